The number of nitrogen functional groups attached to an aromatic ring is 1. The van der Waals surface area contributed by atoms with E-state index in [1.165, 1.54) is 16.9 Å². The van der Waals surface area contributed by atoms with Gasteiger partial charge in [0.2, 0.25) is 0 Å². The van der Waals surface area contributed by atoms with Crippen LogP contribution in [0.2, 0.25) is 0 Å². The third-order valence-electron chi connectivity index (χ3n) is 3.47. The molecule has 1 aromatic carbocycles. The molecule has 0 spiro atoms. The Morgan fingerprint density at radius 2 is 1.76 bits per heavy atom. The SMILES string of the molecule is CCc1sc(N)nc1-c1c(OC)cc(C(C)C)cc1OC. The number of nitrogens with zero attached hydrogens (tertiary/aromatic N) is 1. The van der Waals surface area contributed by atoms with Crippen molar-refractivity contribution in [3.63, 3.8) is 0 Å². The van der Waals surface area contributed by atoms with Crippen LogP contribution >= 0.6 is 11.3 Å². The van der Waals surface area contributed by atoms with E-state index in [0.717, 1.165) is 34.1 Å². The Morgan fingerprint density at radius 1 is 1.19 bits per heavy atom. The van der Waals surface area contributed by atoms with E-state index in [-0.39, 0.29) is 0 Å². The van der Waals surface area contributed by atoms with Crippen molar-refractivity contribution < 1.29 is 9.47 Å². The summed E-state index contributed by atoms with van der Waals surface area (Å²) in [7, 11) is 3.34. The van der Waals surface area contributed by atoms with Gasteiger partial charge in [0, 0.05) is 4.88 Å². The zero-order chi connectivity index (χ0) is 15.6. The van der Waals surface area contributed by atoms with E-state index in [9.17, 15) is 0 Å². The highest BCUT2D eigenvalue weighted by molar-refractivity contribution is 7.15. The number of nitrogens with two attached hydrogens (primary N) is 1. The fourth-order valence-corrected chi connectivity index (χ4v) is 3.08. The minimum atomic E-state index is 0.396. The highest BCUT2D eigenvalue weighted by Gasteiger charge is 2.21. The van der Waals surface area contributed by atoms with E-state index in [1.54, 1.807) is 14.2 Å². The van der Waals surface area contributed by atoms with Crippen molar-refractivity contribution in [3.05, 3.63) is 22.6 Å². The van der Waals surface area contributed by atoms with Crippen molar-refractivity contribution >= 4 is 16.5 Å². The smallest absolute Gasteiger partial charge is 0.180 e. The summed E-state index contributed by atoms with van der Waals surface area (Å²) in [6.45, 7) is 6.39. The summed E-state index contributed by atoms with van der Waals surface area (Å²) in [5.74, 6) is 1.95. The molecule has 4 nitrogen and oxygen atoms in total. The lowest BCUT2D eigenvalue weighted by Crippen LogP contribution is -1.99. The molecular weight excluding hydrogens is 284 g/mol. The molecule has 1 heterocycles. The van der Waals surface area contributed by atoms with Crippen LogP contribution in [0.4, 0.5) is 5.13 Å². The van der Waals surface area contributed by atoms with Crippen LogP contribution in [0.3, 0.4) is 0 Å². The van der Waals surface area contributed by atoms with E-state index < -0.39 is 0 Å². The summed E-state index contributed by atoms with van der Waals surface area (Å²) >= 11 is 1.51. The zero-order valence-corrected chi connectivity index (χ0v) is 14.0. The molecule has 0 aliphatic rings. The molecule has 2 rings (SSSR count). The third-order valence-corrected chi connectivity index (χ3v) is 4.50. The van der Waals surface area contributed by atoms with Gasteiger partial charge >= 0.3 is 0 Å². The Morgan fingerprint density at radius 3 is 2.19 bits per heavy atom. The van der Waals surface area contributed by atoms with Crippen LogP contribution in [-0.2, 0) is 6.42 Å². The summed E-state index contributed by atoms with van der Waals surface area (Å²) in [6.07, 6.45) is 0.877. The second kappa shape index (κ2) is 6.35. The molecule has 2 N–H and O–H groups in total. The van der Waals surface area contributed by atoms with Gasteiger partial charge in [-0.15, -0.1) is 11.3 Å². The number of methoxy groups -OCH3 is 2. The maximum absolute atomic E-state index is 5.88. The van der Waals surface area contributed by atoms with Gasteiger partial charge in [-0.3, -0.25) is 0 Å². The molecule has 2 aromatic rings. The van der Waals surface area contributed by atoms with Gasteiger partial charge in [0.15, 0.2) is 5.13 Å². The van der Waals surface area contributed by atoms with Gasteiger partial charge in [-0.05, 0) is 30.0 Å². The largest absolute Gasteiger partial charge is 0.496 e. The number of aryl methyl sites for hydroxylation is 1. The first-order valence-corrected chi connectivity index (χ1v) is 7.84. The van der Waals surface area contributed by atoms with Gasteiger partial charge in [-0.2, -0.15) is 0 Å². The number of aromatic nitrogens is 1. The molecule has 5 heteroatoms. The summed E-state index contributed by atoms with van der Waals surface area (Å²) in [6, 6.07) is 4.11. The van der Waals surface area contributed by atoms with Crippen LogP contribution in [0.1, 0.15) is 37.1 Å². The predicted molar refractivity (Wildman–Crippen MR) is 88.5 cm³/mol. The first-order chi connectivity index (χ1) is 10.0. The van der Waals surface area contributed by atoms with E-state index in [1.807, 2.05) is 0 Å². The van der Waals surface area contributed by atoms with Crippen molar-refractivity contribution in [2.24, 2.45) is 0 Å². The van der Waals surface area contributed by atoms with E-state index in [2.05, 4.69) is 37.9 Å². The standard InChI is InChI=1S/C16H22N2O2S/c1-6-13-15(18-16(17)21-13)14-11(19-4)7-10(9(2)3)8-12(14)20-5/h7-9H,6H2,1-5H3,(H2,17,18). The summed E-state index contributed by atoms with van der Waals surface area (Å²) in [5, 5.41) is 0.568. The molecule has 0 radical (unpaired) electrons. The maximum atomic E-state index is 5.88. The lowest BCUT2D eigenvalue weighted by Gasteiger charge is -2.16. The van der Waals surface area contributed by atoms with Gasteiger partial charge in [-0.1, -0.05) is 20.8 Å². The molecule has 0 bridgehead atoms. The highest BCUT2D eigenvalue weighted by atomic mass is 32.1. The number of benzene rings is 1. The number of ether oxygens (including phenoxy) is 2. The normalized spacial score (nSPS) is 11.0. The second-order valence-electron chi connectivity index (χ2n) is 5.13. The lowest BCUT2D eigenvalue weighted by molar-refractivity contribution is 0.396. The molecule has 0 fully saturated rings. The fourth-order valence-electron chi connectivity index (χ4n) is 2.30. The molecular formula is C16H22N2O2S. The summed E-state index contributed by atoms with van der Waals surface area (Å²) < 4.78 is 11.2. The molecule has 21 heavy (non-hydrogen) atoms. The first-order valence-electron chi connectivity index (χ1n) is 7.03. The van der Waals surface area contributed by atoms with Gasteiger partial charge in [0.05, 0.1) is 25.5 Å². The van der Waals surface area contributed by atoms with E-state index in [4.69, 9.17) is 15.2 Å². The zero-order valence-electron chi connectivity index (χ0n) is 13.2. The summed E-state index contributed by atoms with van der Waals surface area (Å²) in [4.78, 5) is 5.62. The van der Waals surface area contributed by atoms with Crippen molar-refractivity contribution in [3.8, 4) is 22.8 Å². The van der Waals surface area contributed by atoms with Gasteiger partial charge in [0.25, 0.3) is 0 Å². The Kier molecular flexibility index (Phi) is 4.73. The van der Waals surface area contributed by atoms with Crippen LogP contribution in [0, 0.1) is 0 Å². The van der Waals surface area contributed by atoms with E-state index >= 15 is 0 Å². The average molecular weight is 306 g/mol. The fraction of sp³-hybridized carbons (Fsp3) is 0.438. The molecule has 0 atom stereocenters. The van der Waals surface area contributed by atoms with Crippen LogP contribution in [-0.4, -0.2) is 19.2 Å². The number of anilines is 1. The topological polar surface area (TPSA) is 57.4 Å². The number of hydrogen-bond acceptors (Lipinski definition) is 5. The molecule has 0 aliphatic carbocycles. The second-order valence-corrected chi connectivity index (χ2v) is 6.25. The average Bonchev–Trinajstić information content (AvgIpc) is 2.86. The first kappa shape index (κ1) is 15.6. The van der Waals surface area contributed by atoms with Crippen molar-refractivity contribution in [2.45, 2.75) is 33.1 Å². The lowest BCUT2D eigenvalue weighted by atomic mass is 9.98. The molecule has 1 aromatic heterocycles. The quantitative estimate of drug-likeness (QED) is 0.903. The minimum Gasteiger partial charge on any atom is -0.496 e. The van der Waals surface area contributed by atoms with Crippen LogP contribution in [0.15, 0.2) is 12.1 Å². The number of hydrogen-bond donors (Lipinski definition) is 1. The number of thiazole rings is 1. The maximum Gasteiger partial charge on any atom is 0.180 e. The molecule has 0 aliphatic heterocycles. The number of rotatable bonds is 5. The van der Waals surface area contributed by atoms with Crippen LogP contribution in [0.5, 0.6) is 11.5 Å². The Hall–Kier alpha value is -1.75. The van der Waals surface area contributed by atoms with Crippen molar-refractivity contribution in [2.75, 3.05) is 20.0 Å². The minimum absolute atomic E-state index is 0.396. The van der Waals surface area contributed by atoms with Gasteiger partial charge < -0.3 is 15.2 Å². The van der Waals surface area contributed by atoms with Gasteiger partial charge in [-0.25, -0.2) is 4.98 Å². The Labute approximate surface area is 129 Å². The van der Waals surface area contributed by atoms with Crippen molar-refractivity contribution in [1.29, 1.82) is 0 Å². The molecule has 0 saturated carbocycles. The van der Waals surface area contributed by atoms with Crippen molar-refractivity contribution in [1.82, 2.24) is 4.98 Å². The highest BCUT2D eigenvalue weighted by Crippen LogP contribution is 2.43. The monoisotopic (exact) mass is 306 g/mol. The molecule has 0 unspecified atom stereocenters. The molecule has 0 saturated heterocycles. The summed E-state index contributed by atoms with van der Waals surface area (Å²) in [5.41, 5.74) is 8.80. The van der Waals surface area contributed by atoms with Crippen LogP contribution < -0.4 is 15.2 Å². The Balaban J connectivity index is 2.71. The van der Waals surface area contributed by atoms with Gasteiger partial charge in [0.1, 0.15) is 11.5 Å². The van der Waals surface area contributed by atoms with Crippen LogP contribution in [0.25, 0.3) is 11.3 Å². The third kappa shape index (κ3) is 2.97. The predicted octanol–water partition coefficient (Wildman–Crippen LogP) is 4.10. The Bertz CT molecular complexity index is 610. The molecule has 114 valence electrons. The molecule has 0 amide bonds. The van der Waals surface area contributed by atoms with E-state index in [0.29, 0.717) is 11.0 Å².